The molecule has 0 fully saturated rings. The van der Waals surface area contributed by atoms with Gasteiger partial charge in [0.25, 0.3) is 0 Å². The monoisotopic (exact) mass is 312 g/mol. The molecule has 1 heterocycles. The molecule has 0 atom stereocenters. The smallest absolute Gasteiger partial charge is 0.335 e. The average Bonchev–Trinajstić information content (AvgIpc) is 2.94. The summed E-state index contributed by atoms with van der Waals surface area (Å²) in [4.78, 5) is 11.2. The summed E-state index contributed by atoms with van der Waals surface area (Å²) in [6, 6.07) is 15.6. The van der Waals surface area contributed by atoms with Crippen LogP contribution < -0.4 is 5.90 Å². The molecule has 1 aromatic heterocycles. The summed E-state index contributed by atoms with van der Waals surface area (Å²) in [6.07, 6.45) is 2.94. The van der Waals surface area contributed by atoms with E-state index >= 15 is 0 Å². The van der Waals surface area contributed by atoms with Crippen molar-refractivity contribution in [1.82, 2.24) is 4.57 Å². The lowest BCUT2D eigenvalue weighted by Crippen LogP contribution is -1.96. The van der Waals surface area contributed by atoms with Gasteiger partial charge in [-0.25, -0.2) is 10.7 Å². The van der Waals surface area contributed by atoms with Crippen LogP contribution in [0.15, 0.2) is 54.7 Å². The first-order chi connectivity index (χ1) is 11.2. The summed E-state index contributed by atoms with van der Waals surface area (Å²) in [6.45, 7) is 2.97. The second-order valence-corrected chi connectivity index (χ2v) is 5.14. The molecule has 120 valence electrons. The number of nitrogens with zero attached hydrogens (tertiary/aromatic N) is 1. The van der Waals surface area contributed by atoms with E-state index < -0.39 is 5.97 Å². The molecule has 0 saturated heterocycles. The normalized spacial score (nSPS) is 10.2. The summed E-state index contributed by atoms with van der Waals surface area (Å²) in [5.41, 5.74) is 3.83. The van der Waals surface area contributed by atoms with Crippen LogP contribution in [0.3, 0.4) is 0 Å². The highest BCUT2D eigenvalue weighted by Gasteiger charge is 2.11. The Bertz CT molecular complexity index is 795. The fourth-order valence-corrected chi connectivity index (χ4v) is 2.72. The van der Waals surface area contributed by atoms with Crippen molar-refractivity contribution in [3.8, 4) is 0 Å². The third kappa shape index (κ3) is 3.59. The van der Waals surface area contributed by atoms with Crippen molar-refractivity contribution in [2.24, 2.45) is 5.90 Å². The molecule has 0 radical (unpaired) electrons. The fourth-order valence-electron chi connectivity index (χ4n) is 2.72. The lowest BCUT2D eigenvalue weighted by atomic mass is 10.0. The van der Waals surface area contributed by atoms with Crippen molar-refractivity contribution in [2.75, 3.05) is 0 Å². The van der Waals surface area contributed by atoms with Gasteiger partial charge in [0, 0.05) is 23.6 Å². The minimum absolute atomic E-state index is 0.339. The number of aromatic nitrogens is 1. The molecule has 0 bridgehead atoms. The Morgan fingerprint density at radius 1 is 1.13 bits per heavy atom. The van der Waals surface area contributed by atoms with E-state index in [9.17, 15) is 9.90 Å². The van der Waals surface area contributed by atoms with Crippen molar-refractivity contribution >= 4 is 16.9 Å². The van der Waals surface area contributed by atoms with E-state index in [1.807, 2.05) is 24.3 Å². The van der Waals surface area contributed by atoms with Gasteiger partial charge in [0.2, 0.25) is 0 Å². The number of fused-ring (bicyclic) bond motifs is 1. The first-order valence-corrected chi connectivity index (χ1v) is 7.34. The molecule has 0 unspecified atom stereocenters. The van der Waals surface area contributed by atoms with Crippen LogP contribution in [0.25, 0.3) is 10.9 Å². The van der Waals surface area contributed by atoms with Crippen molar-refractivity contribution < 1.29 is 15.1 Å². The van der Waals surface area contributed by atoms with Crippen LogP contribution in [-0.2, 0) is 13.0 Å². The second-order valence-electron chi connectivity index (χ2n) is 5.14. The third-order valence-electron chi connectivity index (χ3n) is 3.79. The average molecular weight is 312 g/mol. The number of hydrogen-bond donors (Lipinski definition) is 3. The Hall–Kier alpha value is -2.63. The maximum Gasteiger partial charge on any atom is 0.335 e. The molecule has 5 heteroatoms. The maximum atomic E-state index is 11.2. The number of carboxylic acid groups (broad SMARTS) is 1. The highest BCUT2D eigenvalue weighted by atomic mass is 16.4. The van der Waals surface area contributed by atoms with E-state index in [1.165, 1.54) is 11.1 Å². The zero-order chi connectivity index (χ0) is 16.8. The SMILES string of the molecule is CCn1cc(Cc2ccccc2)c2cc(C(=O)O)ccc21.NO. The zero-order valence-electron chi connectivity index (χ0n) is 12.9. The summed E-state index contributed by atoms with van der Waals surface area (Å²) in [5.74, 6) is 2.62. The molecule has 0 spiro atoms. The number of carbonyl (C=O) groups is 1. The Labute approximate surface area is 134 Å². The number of aryl methyl sites for hydroxylation is 1. The number of rotatable bonds is 4. The zero-order valence-corrected chi connectivity index (χ0v) is 12.9. The van der Waals surface area contributed by atoms with Crippen molar-refractivity contribution in [3.05, 3.63) is 71.4 Å². The maximum absolute atomic E-state index is 11.2. The molecule has 0 aliphatic rings. The third-order valence-corrected chi connectivity index (χ3v) is 3.79. The van der Waals surface area contributed by atoms with Gasteiger partial charge in [0.05, 0.1) is 5.56 Å². The first kappa shape index (κ1) is 16.7. The van der Waals surface area contributed by atoms with Gasteiger partial charge in [-0.05, 0) is 42.7 Å². The summed E-state index contributed by atoms with van der Waals surface area (Å²) in [5, 5.41) is 16.7. The van der Waals surface area contributed by atoms with Crippen LogP contribution in [0, 0.1) is 0 Å². The molecule has 4 N–H and O–H groups in total. The molecule has 5 nitrogen and oxygen atoms in total. The Kier molecular flexibility index (Phi) is 5.51. The fraction of sp³-hybridized carbons (Fsp3) is 0.167. The number of benzene rings is 2. The van der Waals surface area contributed by atoms with E-state index in [-0.39, 0.29) is 0 Å². The molecule has 0 amide bonds. The van der Waals surface area contributed by atoms with Crippen molar-refractivity contribution in [2.45, 2.75) is 19.9 Å². The van der Waals surface area contributed by atoms with Crippen LogP contribution in [0.5, 0.6) is 0 Å². The highest BCUT2D eigenvalue weighted by molar-refractivity contribution is 5.95. The van der Waals surface area contributed by atoms with Crippen LogP contribution >= 0.6 is 0 Å². The Morgan fingerprint density at radius 3 is 2.43 bits per heavy atom. The lowest BCUT2D eigenvalue weighted by molar-refractivity contribution is 0.0697. The van der Waals surface area contributed by atoms with Gasteiger partial charge in [-0.15, -0.1) is 0 Å². The predicted molar refractivity (Wildman–Crippen MR) is 89.8 cm³/mol. The number of nitrogens with two attached hydrogens (primary N) is 1. The van der Waals surface area contributed by atoms with Gasteiger partial charge >= 0.3 is 5.97 Å². The van der Waals surface area contributed by atoms with Gasteiger partial charge < -0.3 is 14.9 Å². The van der Waals surface area contributed by atoms with Crippen molar-refractivity contribution in [3.63, 3.8) is 0 Å². The van der Waals surface area contributed by atoms with Crippen LogP contribution in [-0.4, -0.2) is 20.9 Å². The van der Waals surface area contributed by atoms with Crippen LogP contribution in [0.1, 0.15) is 28.4 Å². The van der Waals surface area contributed by atoms with Gasteiger partial charge in [-0.2, -0.15) is 0 Å². The topological polar surface area (TPSA) is 88.5 Å². The van der Waals surface area contributed by atoms with Gasteiger partial charge in [-0.3, -0.25) is 0 Å². The Morgan fingerprint density at radius 2 is 1.83 bits per heavy atom. The predicted octanol–water partition coefficient (Wildman–Crippen LogP) is 3.28. The minimum atomic E-state index is -0.883. The van der Waals surface area contributed by atoms with E-state index in [0.717, 1.165) is 23.9 Å². The van der Waals surface area contributed by atoms with Crippen LogP contribution in [0.2, 0.25) is 0 Å². The molecule has 23 heavy (non-hydrogen) atoms. The summed E-state index contributed by atoms with van der Waals surface area (Å²) >= 11 is 0. The van der Waals surface area contributed by atoms with Gasteiger partial charge in [0.15, 0.2) is 0 Å². The molecular weight excluding hydrogens is 292 g/mol. The highest BCUT2D eigenvalue weighted by Crippen LogP contribution is 2.25. The molecular formula is C18H20N2O3. The quantitative estimate of drug-likeness (QED) is 0.645. The van der Waals surface area contributed by atoms with Crippen LogP contribution in [0.4, 0.5) is 0 Å². The number of aromatic carboxylic acids is 1. The van der Waals surface area contributed by atoms with E-state index in [2.05, 4.69) is 35.7 Å². The molecule has 0 saturated carbocycles. The van der Waals surface area contributed by atoms with E-state index in [0.29, 0.717) is 5.56 Å². The number of hydrogen-bond acceptors (Lipinski definition) is 3. The minimum Gasteiger partial charge on any atom is -0.478 e. The molecule has 2 aromatic carbocycles. The van der Waals surface area contributed by atoms with Gasteiger partial charge in [-0.1, -0.05) is 30.3 Å². The van der Waals surface area contributed by atoms with E-state index in [4.69, 9.17) is 5.21 Å². The molecule has 3 rings (SSSR count). The largest absolute Gasteiger partial charge is 0.478 e. The molecule has 3 aromatic rings. The number of carboxylic acids is 1. The Balaban J connectivity index is 0.000000924. The molecule has 0 aliphatic carbocycles. The second kappa shape index (κ2) is 7.58. The lowest BCUT2D eigenvalue weighted by Gasteiger charge is -2.01. The van der Waals surface area contributed by atoms with Crippen molar-refractivity contribution in [1.29, 1.82) is 0 Å². The van der Waals surface area contributed by atoms with Gasteiger partial charge in [0.1, 0.15) is 0 Å². The summed E-state index contributed by atoms with van der Waals surface area (Å²) in [7, 11) is 0. The van der Waals surface area contributed by atoms with E-state index in [1.54, 1.807) is 12.1 Å². The summed E-state index contributed by atoms with van der Waals surface area (Å²) < 4.78 is 2.17. The standard InChI is InChI=1S/C18H17NO2.H3NO/c1-2-19-12-15(10-13-6-4-3-5-7-13)16-11-14(18(20)21)8-9-17(16)19;1-2/h3-9,11-12H,2,10H2,1H3,(H,20,21);2H,1H2. The molecule has 0 aliphatic heterocycles. The first-order valence-electron chi connectivity index (χ1n) is 7.34.